The standard InChI is InChI=1S/C30H57NO7/c1-17-14-18(2)20(4)23(7)37-28(32)22(6)25(33-11)21(5)27(30(8,16-17)35-13)38-29-26(34-12)24(31(9)10)15-19(3)36-29/h17-27,29H,14-16H2,1-13H3. The van der Waals surface area contributed by atoms with Crippen LogP contribution in [0.4, 0.5) is 0 Å². The van der Waals surface area contributed by atoms with Crippen molar-refractivity contribution in [3.8, 4) is 0 Å². The largest absolute Gasteiger partial charge is 0.462 e. The highest BCUT2D eigenvalue weighted by molar-refractivity contribution is 5.73. The molecule has 0 aromatic carbocycles. The number of rotatable bonds is 6. The van der Waals surface area contributed by atoms with Crippen LogP contribution >= 0.6 is 0 Å². The van der Waals surface area contributed by atoms with E-state index in [4.69, 9.17) is 28.4 Å². The van der Waals surface area contributed by atoms with Gasteiger partial charge in [0, 0.05) is 33.3 Å². The number of cyclic esters (lactones) is 1. The van der Waals surface area contributed by atoms with Gasteiger partial charge in [-0.3, -0.25) is 4.79 Å². The minimum Gasteiger partial charge on any atom is -0.462 e. The Morgan fingerprint density at radius 2 is 1.50 bits per heavy atom. The molecular formula is C30H57NO7. The van der Waals surface area contributed by atoms with E-state index < -0.39 is 30.0 Å². The summed E-state index contributed by atoms with van der Waals surface area (Å²) in [4.78, 5) is 15.5. The minimum atomic E-state index is -0.655. The average Bonchev–Trinajstić information content (AvgIpc) is 2.85. The van der Waals surface area contributed by atoms with E-state index in [1.807, 2.05) is 13.8 Å². The van der Waals surface area contributed by atoms with Gasteiger partial charge in [0.25, 0.3) is 0 Å². The summed E-state index contributed by atoms with van der Waals surface area (Å²) in [6, 6.07) is 0.141. The Balaban J connectivity index is 2.56. The zero-order valence-electron chi connectivity index (χ0n) is 26.4. The van der Waals surface area contributed by atoms with Crippen LogP contribution in [0.5, 0.6) is 0 Å². The van der Waals surface area contributed by atoms with Gasteiger partial charge in [-0.1, -0.05) is 27.7 Å². The molecule has 8 heteroatoms. The lowest BCUT2D eigenvalue weighted by atomic mass is 9.75. The van der Waals surface area contributed by atoms with Crippen molar-refractivity contribution >= 4 is 5.97 Å². The molecular weight excluding hydrogens is 486 g/mol. The molecule has 0 spiro atoms. The van der Waals surface area contributed by atoms with E-state index in [-0.39, 0.29) is 42.2 Å². The zero-order valence-corrected chi connectivity index (χ0v) is 26.4. The number of carbonyl (C=O) groups excluding carboxylic acids is 1. The Morgan fingerprint density at radius 3 is 2.03 bits per heavy atom. The average molecular weight is 544 g/mol. The zero-order chi connectivity index (χ0) is 28.9. The summed E-state index contributed by atoms with van der Waals surface area (Å²) < 4.78 is 37.6. The van der Waals surface area contributed by atoms with E-state index in [9.17, 15) is 4.79 Å². The number of carbonyl (C=O) groups is 1. The van der Waals surface area contributed by atoms with E-state index in [2.05, 4.69) is 60.5 Å². The van der Waals surface area contributed by atoms with Gasteiger partial charge in [-0.25, -0.2) is 0 Å². The number of hydrogen-bond donors (Lipinski definition) is 0. The van der Waals surface area contributed by atoms with Gasteiger partial charge in [0.1, 0.15) is 12.2 Å². The predicted octanol–water partition coefficient (Wildman–Crippen LogP) is 4.78. The number of methoxy groups -OCH3 is 3. The smallest absolute Gasteiger partial charge is 0.311 e. The molecule has 2 aliphatic rings. The van der Waals surface area contributed by atoms with Crippen LogP contribution in [0.1, 0.15) is 74.7 Å². The Hall–Kier alpha value is -0.770. The fourth-order valence-corrected chi connectivity index (χ4v) is 6.85. The molecule has 224 valence electrons. The van der Waals surface area contributed by atoms with Crippen molar-refractivity contribution in [2.24, 2.45) is 29.6 Å². The molecule has 13 unspecified atom stereocenters. The highest BCUT2D eigenvalue weighted by Crippen LogP contribution is 2.40. The van der Waals surface area contributed by atoms with E-state index in [0.29, 0.717) is 11.8 Å². The molecule has 0 amide bonds. The fourth-order valence-electron chi connectivity index (χ4n) is 6.85. The van der Waals surface area contributed by atoms with Crippen LogP contribution in [0.2, 0.25) is 0 Å². The molecule has 0 aromatic rings. The SMILES string of the molecule is COC1C(C)C(=O)OC(C)C(C)C(C)CC(C)CC(C)(OC)C(OC2OC(C)CC(N(C)C)C2OC)C1C. The lowest BCUT2D eigenvalue weighted by Crippen LogP contribution is -2.60. The van der Waals surface area contributed by atoms with Crippen molar-refractivity contribution in [3.63, 3.8) is 0 Å². The van der Waals surface area contributed by atoms with Gasteiger partial charge < -0.3 is 33.3 Å². The van der Waals surface area contributed by atoms with Crippen molar-refractivity contribution < 1.29 is 33.2 Å². The second kappa shape index (κ2) is 14.2. The molecule has 0 radical (unpaired) electrons. The Kier molecular flexibility index (Phi) is 12.5. The normalized spacial score (nSPS) is 46.1. The van der Waals surface area contributed by atoms with Gasteiger partial charge in [0.05, 0.1) is 29.8 Å². The topological polar surface area (TPSA) is 75.7 Å². The van der Waals surface area contributed by atoms with Crippen LogP contribution in [-0.4, -0.2) is 94.7 Å². The number of ether oxygens (including phenoxy) is 6. The van der Waals surface area contributed by atoms with Crippen LogP contribution in [0.25, 0.3) is 0 Å². The number of likely N-dealkylation sites (N-methyl/N-ethyl adjacent to an activating group) is 1. The predicted molar refractivity (Wildman–Crippen MR) is 149 cm³/mol. The molecule has 0 N–H and O–H groups in total. The molecule has 0 aliphatic carbocycles. The lowest BCUT2D eigenvalue weighted by Gasteiger charge is -2.48. The fraction of sp³-hybridized carbons (Fsp3) is 0.967. The number of nitrogens with zero attached hydrogens (tertiary/aromatic N) is 1. The Bertz CT molecular complexity index is 735. The van der Waals surface area contributed by atoms with Crippen LogP contribution < -0.4 is 0 Å². The summed E-state index contributed by atoms with van der Waals surface area (Å²) in [5, 5.41) is 0. The van der Waals surface area contributed by atoms with Crippen molar-refractivity contribution in [1.29, 1.82) is 0 Å². The van der Waals surface area contributed by atoms with E-state index >= 15 is 0 Å². The van der Waals surface area contributed by atoms with Crippen molar-refractivity contribution in [3.05, 3.63) is 0 Å². The van der Waals surface area contributed by atoms with Crippen LogP contribution in [0, 0.1) is 29.6 Å². The Labute approximate surface area is 232 Å². The summed E-state index contributed by atoms with van der Waals surface area (Å²) in [6.07, 6.45) is 0.720. The van der Waals surface area contributed by atoms with Gasteiger partial charge in [-0.2, -0.15) is 0 Å². The molecule has 13 atom stereocenters. The molecule has 2 aliphatic heterocycles. The van der Waals surface area contributed by atoms with Gasteiger partial charge >= 0.3 is 5.97 Å². The van der Waals surface area contributed by atoms with Crippen LogP contribution in [0.15, 0.2) is 0 Å². The summed E-state index contributed by atoms with van der Waals surface area (Å²) in [7, 11) is 9.24. The molecule has 0 bridgehead atoms. The first-order chi connectivity index (χ1) is 17.7. The maximum atomic E-state index is 13.3. The van der Waals surface area contributed by atoms with Gasteiger partial charge in [-0.15, -0.1) is 0 Å². The maximum Gasteiger partial charge on any atom is 0.311 e. The lowest BCUT2D eigenvalue weighted by molar-refractivity contribution is -0.305. The van der Waals surface area contributed by atoms with Gasteiger partial charge in [-0.05, 0) is 78.8 Å². The quantitative estimate of drug-likeness (QED) is 0.443. The summed E-state index contributed by atoms with van der Waals surface area (Å²) in [5.74, 6) is 0.0329. The van der Waals surface area contributed by atoms with Crippen molar-refractivity contribution in [2.75, 3.05) is 35.4 Å². The van der Waals surface area contributed by atoms with Gasteiger partial charge in [0.2, 0.25) is 0 Å². The Morgan fingerprint density at radius 1 is 0.895 bits per heavy atom. The monoisotopic (exact) mass is 543 g/mol. The van der Waals surface area contributed by atoms with Crippen molar-refractivity contribution in [2.45, 2.75) is 123 Å². The first kappa shape index (κ1) is 33.4. The highest BCUT2D eigenvalue weighted by Gasteiger charge is 2.49. The summed E-state index contributed by atoms with van der Waals surface area (Å²) in [5.41, 5.74) is -0.655. The first-order valence-electron chi connectivity index (χ1n) is 14.5. The van der Waals surface area contributed by atoms with E-state index in [1.54, 1.807) is 21.3 Å². The maximum absolute atomic E-state index is 13.3. The second-order valence-electron chi connectivity index (χ2n) is 12.7. The molecule has 0 saturated carbocycles. The highest BCUT2D eigenvalue weighted by atomic mass is 16.7. The van der Waals surface area contributed by atoms with Crippen LogP contribution in [-0.2, 0) is 33.2 Å². The molecule has 2 rings (SSSR count). The molecule has 2 saturated heterocycles. The van der Waals surface area contributed by atoms with Crippen LogP contribution in [0.3, 0.4) is 0 Å². The number of hydrogen-bond acceptors (Lipinski definition) is 8. The first-order valence-corrected chi connectivity index (χ1v) is 14.5. The third-order valence-corrected chi connectivity index (χ3v) is 9.47. The molecule has 38 heavy (non-hydrogen) atoms. The summed E-state index contributed by atoms with van der Waals surface area (Å²) >= 11 is 0. The molecule has 2 fully saturated rings. The van der Waals surface area contributed by atoms with Crippen molar-refractivity contribution in [1.82, 2.24) is 4.90 Å². The third kappa shape index (κ3) is 7.70. The second-order valence-corrected chi connectivity index (χ2v) is 12.7. The summed E-state index contributed by atoms with van der Waals surface area (Å²) in [6.45, 7) is 16.8. The molecule has 0 aromatic heterocycles. The molecule has 2 heterocycles. The molecule has 8 nitrogen and oxygen atoms in total. The number of esters is 1. The van der Waals surface area contributed by atoms with Gasteiger partial charge in [0.15, 0.2) is 6.29 Å². The minimum absolute atomic E-state index is 0.00698. The van der Waals surface area contributed by atoms with E-state index in [0.717, 1.165) is 19.3 Å². The third-order valence-electron chi connectivity index (χ3n) is 9.47. The van der Waals surface area contributed by atoms with E-state index in [1.165, 1.54) is 0 Å².